The molecule has 10 heteroatoms. The largest absolute Gasteiger partial charge is 0.417 e. The number of pyridine rings is 1. The molecule has 0 saturated heterocycles. The lowest BCUT2D eigenvalue weighted by atomic mass is 10.2. The van der Waals surface area contributed by atoms with Gasteiger partial charge in [0, 0.05) is 23.7 Å². The van der Waals surface area contributed by atoms with Crippen molar-refractivity contribution >= 4 is 24.4 Å². The quantitative estimate of drug-likeness (QED) is 0.545. The van der Waals surface area contributed by atoms with Crippen molar-refractivity contribution in [3.05, 3.63) is 40.2 Å². The van der Waals surface area contributed by atoms with Crippen LogP contribution in [-0.4, -0.2) is 26.5 Å². The molecule has 3 nitrogen and oxygen atoms in total. The van der Waals surface area contributed by atoms with E-state index in [9.17, 15) is 26.3 Å². The predicted molar refractivity (Wildman–Crippen MR) is 96.9 cm³/mol. The van der Waals surface area contributed by atoms with Crippen LogP contribution in [0.15, 0.2) is 28.8 Å². The van der Waals surface area contributed by atoms with Crippen LogP contribution in [0.3, 0.4) is 0 Å². The molecule has 2 aromatic heterocycles. The summed E-state index contributed by atoms with van der Waals surface area (Å²) in [5, 5.41) is 0.491. The van der Waals surface area contributed by atoms with E-state index in [0.717, 1.165) is 19.1 Å². The summed E-state index contributed by atoms with van der Waals surface area (Å²) < 4.78 is 78.4. The van der Waals surface area contributed by atoms with Crippen LogP contribution in [0.25, 0.3) is 24.2 Å². The lowest BCUT2D eigenvalue weighted by Gasteiger charge is -2.12. The van der Waals surface area contributed by atoms with Crippen molar-refractivity contribution in [1.29, 1.82) is 0 Å². The Morgan fingerprint density at radius 1 is 1.25 bits per heavy atom. The minimum absolute atomic E-state index is 0.192. The van der Waals surface area contributed by atoms with Crippen molar-refractivity contribution in [2.24, 2.45) is 7.05 Å². The van der Waals surface area contributed by atoms with Crippen molar-refractivity contribution in [1.82, 2.24) is 14.5 Å². The monoisotopic (exact) mass is 421 g/mol. The summed E-state index contributed by atoms with van der Waals surface area (Å²) >= 11 is 1.17. The first-order chi connectivity index (χ1) is 12.9. The summed E-state index contributed by atoms with van der Waals surface area (Å²) in [5.41, 5.74) is -1.47. The first-order valence-electron chi connectivity index (χ1n) is 8.04. The van der Waals surface area contributed by atoms with Crippen molar-refractivity contribution in [3.63, 3.8) is 0 Å². The third-order valence-electron chi connectivity index (χ3n) is 3.85. The van der Waals surface area contributed by atoms with Crippen LogP contribution in [0.5, 0.6) is 0 Å². The van der Waals surface area contributed by atoms with E-state index in [4.69, 9.17) is 0 Å². The van der Waals surface area contributed by atoms with Gasteiger partial charge in [0.2, 0.25) is 0 Å². The van der Waals surface area contributed by atoms with E-state index in [1.54, 1.807) is 14.0 Å². The lowest BCUT2D eigenvalue weighted by molar-refractivity contribution is -0.138. The molecule has 0 spiro atoms. The van der Waals surface area contributed by atoms with Gasteiger partial charge in [0.15, 0.2) is 5.82 Å². The Labute approximate surface area is 161 Å². The Hall–Kier alpha value is -2.23. The van der Waals surface area contributed by atoms with E-state index in [2.05, 4.69) is 16.5 Å². The third-order valence-corrected chi connectivity index (χ3v) is 4.76. The second-order valence-electron chi connectivity index (χ2n) is 5.84. The second kappa shape index (κ2) is 8.02. The average molecular weight is 421 g/mol. The maximum Gasteiger partial charge on any atom is 0.417 e. The van der Waals surface area contributed by atoms with Gasteiger partial charge in [0.05, 0.1) is 16.3 Å². The molecule has 28 heavy (non-hydrogen) atoms. The third kappa shape index (κ3) is 4.78. The zero-order valence-corrected chi connectivity index (χ0v) is 16.1. The van der Waals surface area contributed by atoms with Gasteiger partial charge in [-0.1, -0.05) is 19.6 Å². The molecule has 2 aromatic rings. The van der Waals surface area contributed by atoms with Crippen LogP contribution < -0.4 is 10.7 Å². The maximum atomic E-state index is 13.0. The average Bonchev–Trinajstić information content (AvgIpc) is 2.85. The molecule has 0 aliphatic heterocycles. The van der Waals surface area contributed by atoms with E-state index in [1.165, 1.54) is 22.4 Å². The number of aromatic nitrogens is 3. The van der Waals surface area contributed by atoms with Crippen LogP contribution in [0.1, 0.15) is 19.4 Å². The lowest BCUT2D eigenvalue weighted by Crippen LogP contribution is -2.27. The van der Waals surface area contributed by atoms with Gasteiger partial charge in [-0.3, -0.25) is 4.98 Å². The Morgan fingerprint density at radius 2 is 1.89 bits per heavy atom. The molecule has 0 aliphatic rings. The first-order valence-corrected chi connectivity index (χ1v) is 9.02. The number of hydrogen-bond acceptors (Lipinski definition) is 3. The SMILES string of the molecule is C=c1nc(-c2ncc(C(F)(F)F)cc2SCC)n(C)/c1=C/C=C(\C)C(F)(F)F. The Kier molecular flexibility index (Phi) is 6.32. The number of rotatable bonds is 4. The Balaban J connectivity index is 2.63. The zero-order valence-electron chi connectivity index (χ0n) is 15.2. The summed E-state index contributed by atoms with van der Waals surface area (Å²) in [4.78, 5) is 8.41. The highest BCUT2D eigenvalue weighted by atomic mass is 32.2. The molecular weight excluding hydrogens is 404 g/mol. The minimum atomic E-state index is -4.54. The van der Waals surface area contributed by atoms with E-state index >= 15 is 0 Å². The zero-order chi connectivity index (χ0) is 21.3. The molecular formula is C18H17F6N3S. The molecule has 0 saturated carbocycles. The Bertz CT molecular complexity index is 1000. The molecule has 0 atom stereocenters. The van der Waals surface area contributed by atoms with E-state index < -0.39 is 23.5 Å². The van der Waals surface area contributed by atoms with Crippen LogP contribution in [0.2, 0.25) is 0 Å². The number of halogens is 6. The Morgan fingerprint density at radius 3 is 2.43 bits per heavy atom. The fraction of sp³-hybridized carbons (Fsp3) is 0.333. The minimum Gasteiger partial charge on any atom is -0.326 e. The molecule has 0 bridgehead atoms. The van der Waals surface area contributed by atoms with Gasteiger partial charge >= 0.3 is 12.4 Å². The van der Waals surface area contributed by atoms with Gasteiger partial charge in [0.25, 0.3) is 0 Å². The first kappa shape index (κ1) is 22.1. The summed E-state index contributed by atoms with van der Waals surface area (Å²) in [5.74, 6) is 0.725. The molecule has 2 rings (SSSR count). The normalized spacial score (nSPS) is 14.0. The van der Waals surface area contributed by atoms with Crippen molar-refractivity contribution in [2.75, 3.05) is 5.75 Å². The summed E-state index contributed by atoms with van der Waals surface area (Å²) in [7, 11) is 1.54. The number of imidazole rings is 1. The van der Waals surface area contributed by atoms with Gasteiger partial charge in [-0.05, 0) is 24.8 Å². The summed E-state index contributed by atoms with van der Waals surface area (Å²) in [6.07, 6.45) is -6.16. The number of nitrogens with zero attached hydrogens (tertiary/aromatic N) is 3. The van der Waals surface area contributed by atoms with Gasteiger partial charge in [-0.15, -0.1) is 11.8 Å². The van der Waals surface area contributed by atoms with Gasteiger partial charge < -0.3 is 4.57 Å². The number of hydrogen-bond donors (Lipinski definition) is 0. The van der Waals surface area contributed by atoms with E-state index in [-0.39, 0.29) is 21.8 Å². The van der Waals surface area contributed by atoms with Crippen LogP contribution in [0.4, 0.5) is 26.3 Å². The molecule has 0 N–H and O–H groups in total. The predicted octanol–water partition coefficient (Wildman–Crippen LogP) is 4.31. The summed E-state index contributed by atoms with van der Waals surface area (Å²) in [6.45, 7) is 6.43. The van der Waals surface area contributed by atoms with Crippen molar-refractivity contribution < 1.29 is 26.3 Å². The highest BCUT2D eigenvalue weighted by Crippen LogP contribution is 2.35. The molecule has 0 radical (unpaired) electrons. The highest BCUT2D eigenvalue weighted by Gasteiger charge is 2.32. The standard InChI is InChI=1S/C18H17F6N3S/c1-5-28-14-8-12(18(22,23)24)9-25-15(14)16-26-11(3)13(27(16)4)7-6-10(2)17(19,20)21/h6-9H,3,5H2,1-2,4H3/b10-6+,13-7+. The smallest absolute Gasteiger partial charge is 0.326 e. The molecule has 0 aromatic carbocycles. The van der Waals surface area contributed by atoms with Crippen molar-refractivity contribution in [3.8, 4) is 11.5 Å². The molecule has 0 unspecified atom stereocenters. The molecule has 0 aliphatic carbocycles. The van der Waals surface area contributed by atoms with Crippen LogP contribution in [0, 0.1) is 0 Å². The van der Waals surface area contributed by atoms with Gasteiger partial charge in [-0.25, -0.2) is 4.98 Å². The van der Waals surface area contributed by atoms with E-state index in [1.807, 2.05) is 0 Å². The number of allylic oxidation sites excluding steroid dienone is 2. The molecule has 0 fully saturated rings. The van der Waals surface area contributed by atoms with E-state index in [0.29, 0.717) is 17.3 Å². The van der Waals surface area contributed by atoms with Crippen LogP contribution in [-0.2, 0) is 13.2 Å². The molecule has 2 heterocycles. The maximum absolute atomic E-state index is 13.0. The fourth-order valence-corrected chi connectivity index (χ4v) is 3.12. The van der Waals surface area contributed by atoms with Gasteiger partial charge in [0.1, 0.15) is 5.69 Å². The molecule has 0 amide bonds. The van der Waals surface area contributed by atoms with Crippen molar-refractivity contribution in [2.45, 2.75) is 31.1 Å². The second-order valence-corrected chi connectivity index (χ2v) is 7.15. The van der Waals surface area contributed by atoms with Crippen LogP contribution >= 0.6 is 11.8 Å². The topological polar surface area (TPSA) is 30.7 Å². The number of thioether (sulfide) groups is 1. The number of alkyl halides is 6. The highest BCUT2D eigenvalue weighted by molar-refractivity contribution is 7.99. The fourth-order valence-electron chi connectivity index (χ4n) is 2.32. The summed E-state index contributed by atoms with van der Waals surface area (Å²) in [6, 6.07) is 0.991. The van der Waals surface area contributed by atoms with Gasteiger partial charge in [-0.2, -0.15) is 26.3 Å². The molecule has 152 valence electrons.